The quantitative estimate of drug-likeness (QED) is 0.660. The Kier molecular flexibility index (Phi) is 5.51. The van der Waals surface area contributed by atoms with Crippen LogP contribution in [0.15, 0.2) is 83.1 Å². The number of furan rings is 1. The molecule has 0 spiro atoms. The van der Waals surface area contributed by atoms with Crippen LogP contribution in [0.25, 0.3) is 6.08 Å². The molecule has 0 saturated carbocycles. The lowest BCUT2D eigenvalue weighted by molar-refractivity contribution is -0.113. The van der Waals surface area contributed by atoms with Gasteiger partial charge >= 0.3 is 0 Å². The van der Waals surface area contributed by atoms with Crippen LogP contribution in [0.4, 0.5) is 5.69 Å². The summed E-state index contributed by atoms with van der Waals surface area (Å²) in [7, 11) is 0. The fraction of sp³-hybridized carbons (Fsp3) is 0. The molecule has 1 aromatic heterocycles. The molecule has 2 aromatic carbocycles. The Morgan fingerprint density at radius 2 is 1.77 bits per heavy atom. The normalized spacial score (nSPS) is 11.0. The van der Waals surface area contributed by atoms with Crippen LogP contribution < -0.4 is 10.6 Å². The van der Waals surface area contributed by atoms with Crippen molar-refractivity contribution in [3.63, 3.8) is 0 Å². The van der Waals surface area contributed by atoms with E-state index < -0.39 is 11.8 Å². The summed E-state index contributed by atoms with van der Waals surface area (Å²) in [5.41, 5.74) is 1.37. The SMILES string of the molecule is O=C(Nc1cccc(Cl)c1)C(=Cc1ccccc1)NC(=O)c1ccco1. The van der Waals surface area contributed by atoms with Crippen LogP contribution in [-0.2, 0) is 4.79 Å². The topological polar surface area (TPSA) is 71.3 Å². The zero-order valence-electron chi connectivity index (χ0n) is 13.6. The van der Waals surface area contributed by atoms with Crippen molar-refractivity contribution < 1.29 is 14.0 Å². The highest BCUT2D eigenvalue weighted by Crippen LogP contribution is 2.16. The molecule has 2 amide bonds. The van der Waals surface area contributed by atoms with Crippen molar-refractivity contribution in [3.05, 3.63) is 95.0 Å². The van der Waals surface area contributed by atoms with E-state index in [1.54, 1.807) is 36.4 Å². The van der Waals surface area contributed by atoms with Gasteiger partial charge in [0.05, 0.1) is 6.26 Å². The highest BCUT2D eigenvalue weighted by Gasteiger charge is 2.16. The molecule has 26 heavy (non-hydrogen) atoms. The standard InChI is InChI=1S/C20H15ClN2O3/c21-15-8-4-9-16(13-15)22-19(24)17(12-14-6-2-1-3-7-14)23-20(25)18-10-5-11-26-18/h1-13H,(H,22,24)(H,23,25). The number of rotatable bonds is 5. The second-order valence-corrected chi connectivity index (χ2v) is 5.80. The first-order valence-electron chi connectivity index (χ1n) is 7.80. The molecule has 5 nitrogen and oxygen atoms in total. The van der Waals surface area contributed by atoms with E-state index in [0.29, 0.717) is 10.7 Å². The monoisotopic (exact) mass is 366 g/mol. The fourth-order valence-corrected chi connectivity index (χ4v) is 2.42. The molecular formula is C20H15ClN2O3. The van der Waals surface area contributed by atoms with Crippen LogP contribution in [-0.4, -0.2) is 11.8 Å². The minimum Gasteiger partial charge on any atom is -0.459 e. The minimum absolute atomic E-state index is 0.0811. The van der Waals surface area contributed by atoms with Crippen LogP contribution in [0.5, 0.6) is 0 Å². The summed E-state index contributed by atoms with van der Waals surface area (Å²) < 4.78 is 5.07. The summed E-state index contributed by atoms with van der Waals surface area (Å²) in [5.74, 6) is -0.881. The summed E-state index contributed by atoms with van der Waals surface area (Å²) in [5, 5.41) is 5.80. The van der Waals surface area contributed by atoms with Crippen molar-refractivity contribution in [2.24, 2.45) is 0 Å². The van der Waals surface area contributed by atoms with Crippen LogP contribution >= 0.6 is 11.6 Å². The van der Waals surface area contributed by atoms with E-state index in [9.17, 15) is 9.59 Å². The first kappa shape index (κ1) is 17.5. The first-order chi connectivity index (χ1) is 12.6. The first-order valence-corrected chi connectivity index (χ1v) is 8.18. The third-order valence-electron chi connectivity index (χ3n) is 3.43. The van der Waals surface area contributed by atoms with Gasteiger partial charge in [0.25, 0.3) is 11.8 Å². The highest BCUT2D eigenvalue weighted by molar-refractivity contribution is 6.31. The van der Waals surface area contributed by atoms with Gasteiger partial charge in [-0.2, -0.15) is 0 Å². The number of carbonyl (C=O) groups excluding carboxylic acids is 2. The number of amides is 2. The van der Waals surface area contributed by atoms with Crippen molar-refractivity contribution >= 4 is 35.2 Å². The molecule has 2 N–H and O–H groups in total. The minimum atomic E-state index is -0.515. The molecule has 0 aliphatic rings. The zero-order chi connectivity index (χ0) is 18.4. The summed E-state index contributed by atoms with van der Waals surface area (Å²) in [4.78, 5) is 24.9. The number of anilines is 1. The van der Waals surface area contributed by atoms with Gasteiger partial charge < -0.3 is 15.1 Å². The lowest BCUT2D eigenvalue weighted by Gasteiger charge is -2.10. The van der Waals surface area contributed by atoms with Crippen molar-refractivity contribution in [1.29, 1.82) is 0 Å². The maximum atomic E-state index is 12.7. The van der Waals surface area contributed by atoms with E-state index >= 15 is 0 Å². The Morgan fingerprint density at radius 3 is 2.46 bits per heavy atom. The smallest absolute Gasteiger partial charge is 0.291 e. The van der Waals surface area contributed by atoms with E-state index in [2.05, 4.69) is 10.6 Å². The van der Waals surface area contributed by atoms with E-state index in [1.807, 2.05) is 30.3 Å². The van der Waals surface area contributed by atoms with Crippen molar-refractivity contribution in [1.82, 2.24) is 5.32 Å². The molecule has 0 atom stereocenters. The van der Waals surface area contributed by atoms with Gasteiger partial charge in [-0.1, -0.05) is 48.0 Å². The molecule has 0 saturated heterocycles. The maximum absolute atomic E-state index is 12.7. The van der Waals surface area contributed by atoms with Gasteiger partial charge in [0.2, 0.25) is 0 Å². The molecule has 6 heteroatoms. The zero-order valence-corrected chi connectivity index (χ0v) is 14.4. The third kappa shape index (κ3) is 4.62. The molecule has 130 valence electrons. The summed E-state index contributed by atoms with van der Waals surface area (Å²) in [6.07, 6.45) is 2.97. The third-order valence-corrected chi connectivity index (χ3v) is 3.67. The van der Waals surface area contributed by atoms with Gasteiger partial charge in [-0.05, 0) is 42.0 Å². The lowest BCUT2D eigenvalue weighted by Crippen LogP contribution is -2.30. The predicted molar refractivity (Wildman–Crippen MR) is 101 cm³/mol. The number of hydrogen-bond acceptors (Lipinski definition) is 3. The maximum Gasteiger partial charge on any atom is 0.291 e. The Balaban J connectivity index is 1.85. The van der Waals surface area contributed by atoms with Crippen molar-refractivity contribution in [2.75, 3.05) is 5.32 Å². The summed E-state index contributed by atoms with van der Waals surface area (Å²) >= 11 is 5.94. The Morgan fingerprint density at radius 1 is 0.962 bits per heavy atom. The van der Waals surface area contributed by atoms with Gasteiger partial charge in [0.15, 0.2) is 5.76 Å². The Hall–Kier alpha value is -3.31. The van der Waals surface area contributed by atoms with Crippen LogP contribution in [0.2, 0.25) is 5.02 Å². The highest BCUT2D eigenvalue weighted by atomic mass is 35.5. The molecule has 0 unspecified atom stereocenters. The number of benzene rings is 2. The predicted octanol–water partition coefficient (Wildman–Crippen LogP) is 4.34. The Bertz CT molecular complexity index is 935. The lowest BCUT2D eigenvalue weighted by atomic mass is 10.2. The number of carbonyl (C=O) groups is 2. The molecule has 0 aliphatic carbocycles. The van der Waals surface area contributed by atoms with Crippen LogP contribution in [0, 0.1) is 0 Å². The molecule has 0 radical (unpaired) electrons. The van der Waals surface area contributed by atoms with Gasteiger partial charge in [0, 0.05) is 10.7 Å². The van der Waals surface area contributed by atoms with Crippen LogP contribution in [0.3, 0.4) is 0 Å². The molecule has 0 fully saturated rings. The van der Waals surface area contributed by atoms with Gasteiger partial charge in [-0.3, -0.25) is 9.59 Å². The Labute approximate surface area is 155 Å². The van der Waals surface area contributed by atoms with Crippen LogP contribution in [0.1, 0.15) is 16.1 Å². The largest absolute Gasteiger partial charge is 0.459 e. The molecule has 0 aliphatic heterocycles. The van der Waals surface area contributed by atoms with Gasteiger partial charge in [-0.15, -0.1) is 0 Å². The van der Waals surface area contributed by atoms with Crippen molar-refractivity contribution in [2.45, 2.75) is 0 Å². The fourth-order valence-electron chi connectivity index (χ4n) is 2.23. The molecule has 3 aromatic rings. The molecule has 3 rings (SSSR count). The van der Waals surface area contributed by atoms with Crippen molar-refractivity contribution in [3.8, 4) is 0 Å². The second kappa shape index (κ2) is 8.18. The van der Waals surface area contributed by atoms with E-state index in [1.165, 1.54) is 12.3 Å². The summed E-state index contributed by atoms with van der Waals surface area (Å²) in [6.45, 7) is 0. The van der Waals surface area contributed by atoms with Gasteiger partial charge in [0.1, 0.15) is 5.70 Å². The molecular weight excluding hydrogens is 352 g/mol. The number of nitrogens with one attached hydrogen (secondary N) is 2. The van der Waals surface area contributed by atoms with E-state index in [0.717, 1.165) is 5.56 Å². The van der Waals surface area contributed by atoms with E-state index in [-0.39, 0.29) is 11.5 Å². The summed E-state index contributed by atoms with van der Waals surface area (Å²) in [6, 6.07) is 19.1. The van der Waals surface area contributed by atoms with Gasteiger partial charge in [-0.25, -0.2) is 0 Å². The number of halogens is 1. The van der Waals surface area contributed by atoms with E-state index in [4.69, 9.17) is 16.0 Å². The number of hydrogen-bond donors (Lipinski definition) is 2. The average molecular weight is 367 g/mol. The molecule has 0 bridgehead atoms. The average Bonchev–Trinajstić information content (AvgIpc) is 3.17. The second-order valence-electron chi connectivity index (χ2n) is 5.36. The molecule has 1 heterocycles.